The molecule has 1 amide bonds. The van der Waals surface area contributed by atoms with Gasteiger partial charge in [0, 0.05) is 37.8 Å². The highest BCUT2D eigenvalue weighted by molar-refractivity contribution is 7.99. The molecule has 2 heterocycles. The molecule has 0 radical (unpaired) electrons. The molecule has 5 heteroatoms. The fraction of sp³-hybridized carbons (Fsp3) is 0.952. The van der Waals surface area contributed by atoms with Crippen LogP contribution in [0.1, 0.15) is 58.3 Å². The Balaban J connectivity index is 1.54. The Bertz CT molecular complexity index is 420. The Hall–Kier alpha value is -0.260. The van der Waals surface area contributed by atoms with E-state index in [4.69, 9.17) is 4.74 Å². The first kappa shape index (κ1) is 20.5. The average Bonchev–Trinajstić information content (AvgIpc) is 2.92. The highest BCUT2D eigenvalue weighted by Crippen LogP contribution is 2.34. The first-order valence-corrected chi connectivity index (χ1v) is 12.1. The molecule has 0 aromatic rings. The summed E-state index contributed by atoms with van der Waals surface area (Å²) in [6, 6.07) is 0.394. The van der Waals surface area contributed by atoms with Gasteiger partial charge in [0.05, 0.1) is 19.3 Å². The molecule has 2 saturated heterocycles. The molecule has 1 atom stereocenters. The third-order valence-corrected chi connectivity index (χ3v) is 7.65. The van der Waals surface area contributed by atoms with E-state index in [9.17, 15) is 4.79 Å². The lowest BCUT2D eigenvalue weighted by Gasteiger charge is -2.38. The largest absolute Gasteiger partial charge is 0.379 e. The van der Waals surface area contributed by atoms with Gasteiger partial charge in [-0.05, 0) is 43.8 Å². The molecular formula is C21H38N2O2S. The van der Waals surface area contributed by atoms with Gasteiger partial charge in [0.25, 0.3) is 0 Å². The van der Waals surface area contributed by atoms with Gasteiger partial charge in [0.1, 0.15) is 0 Å². The second-order valence-corrected chi connectivity index (χ2v) is 9.54. The summed E-state index contributed by atoms with van der Waals surface area (Å²) in [6.07, 6.45) is 9.98. The normalized spacial score (nSPS) is 31.6. The lowest BCUT2D eigenvalue weighted by atomic mass is 9.79. The Morgan fingerprint density at radius 3 is 2.62 bits per heavy atom. The minimum absolute atomic E-state index is 0.295. The van der Waals surface area contributed by atoms with E-state index >= 15 is 0 Å². The van der Waals surface area contributed by atoms with E-state index in [1.54, 1.807) is 0 Å². The summed E-state index contributed by atoms with van der Waals surface area (Å²) in [4.78, 5) is 18.1. The van der Waals surface area contributed by atoms with Crippen LogP contribution in [0.4, 0.5) is 0 Å². The molecule has 3 rings (SSSR count). The molecule has 2 aliphatic heterocycles. The van der Waals surface area contributed by atoms with Crippen LogP contribution in [-0.2, 0) is 9.53 Å². The third-order valence-electron chi connectivity index (χ3n) is 6.46. The summed E-state index contributed by atoms with van der Waals surface area (Å²) in [5, 5.41) is 0. The second kappa shape index (κ2) is 10.9. The molecule has 0 bridgehead atoms. The zero-order valence-electron chi connectivity index (χ0n) is 16.7. The predicted octanol–water partition coefficient (Wildman–Crippen LogP) is 3.65. The van der Waals surface area contributed by atoms with Crippen molar-refractivity contribution in [3.05, 3.63) is 0 Å². The number of hydrogen-bond acceptors (Lipinski definition) is 4. The molecule has 0 aromatic carbocycles. The van der Waals surface area contributed by atoms with E-state index in [0.717, 1.165) is 70.3 Å². The maximum Gasteiger partial charge on any atom is 0.226 e. The fourth-order valence-corrected chi connectivity index (χ4v) is 5.83. The standard InChI is InChI=1S/C21H38N2O2S/c1-2-3-5-18-6-8-19(9-7-18)21(24)23-10-4-15-26-17-20(23)16-22-11-13-25-14-12-22/h18-20H,2-17H2,1H3. The lowest BCUT2D eigenvalue weighted by molar-refractivity contribution is -0.139. The monoisotopic (exact) mass is 382 g/mol. The second-order valence-electron chi connectivity index (χ2n) is 8.39. The van der Waals surface area contributed by atoms with E-state index < -0.39 is 0 Å². The smallest absolute Gasteiger partial charge is 0.226 e. The van der Waals surface area contributed by atoms with Crippen LogP contribution in [0.5, 0.6) is 0 Å². The number of rotatable bonds is 6. The summed E-state index contributed by atoms with van der Waals surface area (Å²) >= 11 is 2.04. The van der Waals surface area contributed by atoms with Gasteiger partial charge in [-0.1, -0.05) is 26.2 Å². The van der Waals surface area contributed by atoms with Gasteiger partial charge in [0.2, 0.25) is 5.91 Å². The van der Waals surface area contributed by atoms with E-state index in [0.29, 0.717) is 17.9 Å². The van der Waals surface area contributed by atoms with Crippen molar-refractivity contribution in [2.24, 2.45) is 11.8 Å². The summed E-state index contributed by atoms with van der Waals surface area (Å²) in [7, 11) is 0. The first-order chi connectivity index (χ1) is 12.8. The molecule has 0 aromatic heterocycles. The molecule has 0 spiro atoms. The topological polar surface area (TPSA) is 32.8 Å². The molecule has 26 heavy (non-hydrogen) atoms. The van der Waals surface area contributed by atoms with E-state index in [1.807, 2.05) is 11.8 Å². The maximum atomic E-state index is 13.4. The van der Waals surface area contributed by atoms with Gasteiger partial charge >= 0.3 is 0 Å². The number of carbonyl (C=O) groups excluding carboxylic acids is 1. The maximum absolute atomic E-state index is 13.4. The van der Waals surface area contributed by atoms with Gasteiger partial charge < -0.3 is 9.64 Å². The number of carbonyl (C=O) groups is 1. The Kier molecular flexibility index (Phi) is 8.60. The number of nitrogens with zero attached hydrogens (tertiary/aromatic N) is 2. The van der Waals surface area contributed by atoms with Crippen LogP contribution in [0.25, 0.3) is 0 Å². The van der Waals surface area contributed by atoms with Crippen LogP contribution < -0.4 is 0 Å². The first-order valence-electron chi connectivity index (χ1n) is 11.0. The molecule has 4 nitrogen and oxygen atoms in total. The average molecular weight is 383 g/mol. The number of hydrogen-bond donors (Lipinski definition) is 0. The van der Waals surface area contributed by atoms with Crippen LogP contribution in [0.15, 0.2) is 0 Å². The number of morpholine rings is 1. The van der Waals surface area contributed by atoms with Crippen LogP contribution in [0.2, 0.25) is 0 Å². The molecule has 1 aliphatic carbocycles. The highest BCUT2D eigenvalue weighted by Gasteiger charge is 2.34. The quantitative estimate of drug-likeness (QED) is 0.702. The van der Waals surface area contributed by atoms with Crippen LogP contribution in [-0.4, -0.2) is 72.6 Å². The van der Waals surface area contributed by atoms with Gasteiger partial charge in [-0.25, -0.2) is 0 Å². The zero-order chi connectivity index (χ0) is 18.2. The van der Waals surface area contributed by atoms with Crippen LogP contribution in [0.3, 0.4) is 0 Å². The summed E-state index contributed by atoms with van der Waals surface area (Å²) in [5.74, 6) is 3.95. The van der Waals surface area contributed by atoms with Crippen molar-refractivity contribution in [2.75, 3.05) is 50.9 Å². The van der Waals surface area contributed by atoms with Crippen LogP contribution in [0, 0.1) is 11.8 Å². The number of unbranched alkanes of at least 4 members (excludes halogenated alkanes) is 1. The zero-order valence-corrected chi connectivity index (χ0v) is 17.5. The molecular weight excluding hydrogens is 344 g/mol. The predicted molar refractivity (Wildman–Crippen MR) is 110 cm³/mol. The highest BCUT2D eigenvalue weighted by atomic mass is 32.2. The molecule has 0 N–H and O–H groups in total. The minimum atomic E-state index is 0.295. The Morgan fingerprint density at radius 1 is 1.12 bits per heavy atom. The van der Waals surface area contributed by atoms with E-state index in [-0.39, 0.29) is 0 Å². The molecule has 3 aliphatic rings. The molecule has 1 unspecified atom stereocenters. The van der Waals surface area contributed by atoms with Gasteiger partial charge in [-0.2, -0.15) is 11.8 Å². The third kappa shape index (κ3) is 5.87. The molecule has 1 saturated carbocycles. The van der Waals surface area contributed by atoms with Gasteiger partial charge in [-0.3, -0.25) is 9.69 Å². The van der Waals surface area contributed by atoms with Crippen LogP contribution >= 0.6 is 11.8 Å². The van der Waals surface area contributed by atoms with E-state index in [1.165, 1.54) is 37.9 Å². The van der Waals surface area contributed by atoms with Crippen molar-refractivity contribution >= 4 is 17.7 Å². The molecule has 150 valence electrons. The number of amides is 1. The van der Waals surface area contributed by atoms with Crippen molar-refractivity contribution in [2.45, 2.75) is 64.3 Å². The van der Waals surface area contributed by atoms with E-state index in [2.05, 4.69) is 16.7 Å². The SMILES string of the molecule is CCCCC1CCC(C(=O)N2CCCSCC2CN2CCOCC2)CC1. The van der Waals surface area contributed by atoms with Crippen molar-refractivity contribution in [3.8, 4) is 0 Å². The van der Waals surface area contributed by atoms with Crippen molar-refractivity contribution in [3.63, 3.8) is 0 Å². The Morgan fingerprint density at radius 2 is 1.88 bits per heavy atom. The summed E-state index contributed by atoms with van der Waals surface area (Å²) in [6.45, 7) is 8.01. The van der Waals surface area contributed by atoms with Crippen molar-refractivity contribution < 1.29 is 9.53 Å². The summed E-state index contributed by atoms with van der Waals surface area (Å²) in [5.41, 5.74) is 0. The lowest BCUT2D eigenvalue weighted by Crippen LogP contribution is -2.52. The number of thioether (sulfide) groups is 1. The van der Waals surface area contributed by atoms with Gasteiger partial charge in [0.15, 0.2) is 0 Å². The van der Waals surface area contributed by atoms with Crippen molar-refractivity contribution in [1.29, 1.82) is 0 Å². The Labute approximate surface area is 164 Å². The number of ether oxygens (including phenoxy) is 1. The van der Waals surface area contributed by atoms with Gasteiger partial charge in [-0.15, -0.1) is 0 Å². The fourth-order valence-electron chi connectivity index (χ4n) is 4.78. The van der Waals surface area contributed by atoms with Crippen molar-refractivity contribution in [1.82, 2.24) is 9.80 Å². The molecule has 3 fully saturated rings. The minimum Gasteiger partial charge on any atom is -0.379 e. The summed E-state index contributed by atoms with van der Waals surface area (Å²) < 4.78 is 5.49.